The van der Waals surface area contributed by atoms with Crippen LogP contribution in [0.15, 0.2) is 18.5 Å². The molecule has 8 heteroatoms. The molecule has 1 spiro atoms. The van der Waals surface area contributed by atoms with Gasteiger partial charge in [-0.1, -0.05) is 12.8 Å². The Hall–Kier alpha value is -2.64. The number of aryl methyl sites for hydroxylation is 1. The standard InChI is InChI=1S/C24H35N7O/c1-17(2)31-18(3)27-21-20(31)15-30(23(32)28-19-7-4-5-8-19)16-24(21)9-13-29(14-10-24)22-25-11-6-12-26-22/h6,11-12,17,19H,4-5,7-10,13-16H2,1-3H3,(H,28,32). The Labute approximate surface area is 190 Å². The van der Waals surface area contributed by atoms with Gasteiger partial charge in [-0.15, -0.1) is 0 Å². The Morgan fingerprint density at radius 2 is 1.84 bits per heavy atom. The van der Waals surface area contributed by atoms with Crippen LogP contribution in [-0.4, -0.2) is 56.1 Å². The van der Waals surface area contributed by atoms with Gasteiger partial charge in [0.25, 0.3) is 0 Å². The van der Waals surface area contributed by atoms with Crippen LogP contribution in [0.25, 0.3) is 0 Å². The quantitative estimate of drug-likeness (QED) is 0.794. The largest absolute Gasteiger partial charge is 0.341 e. The Balaban J connectivity index is 1.43. The van der Waals surface area contributed by atoms with E-state index in [9.17, 15) is 4.79 Å². The maximum atomic E-state index is 13.3. The van der Waals surface area contributed by atoms with E-state index >= 15 is 0 Å². The van der Waals surface area contributed by atoms with Gasteiger partial charge in [-0.05, 0) is 52.5 Å². The minimum atomic E-state index is -0.114. The van der Waals surface area contributed by atoms with E-state index in [-0.39, 0.29) is 11.4 Å². The van der Waals surface area contributed by atoms with Gasteiger partial charge in [-0.3, -0.25) is 0 Å². The molecule has 0 bridgehead atoms. The first kappa shape index (κ1) is 21.2. The normalized spacial score (nSPS) is 20.8. The van der Waals surface area contributed by atoms with Crippen molar-refractivity contribution >= 4 is 12.0 Å². The number of urea groups is 1. The van der Waals surface area contributed by atoms with Crippen molar-refractivity contribution in [3.8, 4) is 0 Å². The second kappa shape index (κ2) is 8.37. The number of carbonyl (C=O) groups is 1. The molecule has 0 atom stereocenters. The van der Waals surface area contributed by atoms with E-state index < -0.39 is 0 Å². The van der Waals surface area contributed by atoms with E-state index in [1.165, 1.54) is 24.2 Å². The summed E-state index contributed by atoms with van der Waals surface area (Å²) in [6.07, 6.45) is 10.1. The molecule has 2 aliphatic heterocycles. The molecule has 8 nitrogen and oxygen atoms in total. The van der Waals surface area contributed by atoms with Gasteiger partial charge >= 0.3 is 6.03 Å². The van der Waals surface area contributed by atoms with E-state index in [0.717, 1.165) is 57.1 Å². The highest BCUT2D eigenvalue weighted by atomic mass is 16.2. The smallest absolute Gasteiger partial charge is 0.317 e. The first-order valence-corrected chi connectivity index (χ1v) is 12.1. The van der Waals surface area contributed by atoms with Crippen LogP contribution in [0.5, 0.6) is 0 Å². The second-order valence-electron chi connectivity index (χ2n) is 10.0. The van der Waals surface area contributed by atoms with Crippen LogP contribution < -0.4 is 10.2 Å². The molecule has 0 aromatic carbocycles. The van der Waals surface area contributed by atoms with Gasteiger partial charge in [-0.2, -0.15) is 0 Å². The highest BCUT2D eigenvalue weighted by Crippen LogP contribution is 2.43. The predicted molar refractivity (Wildman–Crippen MR) is 124 cm³/mol. The van der Waals surface area contributed by atoms with Crippen molar-refractivity contribution in [3.63, 3.8) is 0 Å². The maximum Gasteiger partial charge on any atom is 0.317 e. The summed E-state index contributed by atoms with van der Waals surface area (Å²) in [5, 5.41) is 3.32. The third-order valence-electron chi connectivity index (χ3n) is 7.56. The maximum absolute atomic E-state index is 13.3. The van der Waals surface area contributed by atoms with Gasteiger partial charge < -0.3 is 19.7 Å². The lowest BCUT2D eigenvalue weighted by Crippen LogP contribution is -2.56. The molecule has 1 aliphatic carbocycles. The monoisotopic (exact) mass is 437 g/mol. The molecule has 4 heterocycles. The van der Waals surface area contributed by atoms with Crippen molar-refractivity contribution in [3.05, 3.63) is 35.7 Å². The summed E-state index contributed by atoms with van der Waals surface area (Å²) in [7, 11) is 0. The van der Waals surface area contributed by atoms with Gasteiger partial charge in [0.2, 0.25) is 5.95 Å². The van der Waals surface area contributed by atoms with Crippen molar-refractivity contribution in [2.45, 2.75) is 83.3 Å². The fourth-order valence-electron chi connectivity index (χ4n) is 5.99. The van der Waals surface area contributed by atoms with Gasteiger partial charge in [-0.25, -0.2) is 19.7 Å². The molecule has 5 rings (SSSR count). The molecule has 32 heavy (non-hydrogen) atoms. The summed E-state index contributed by atoms with van der Waals surface area (Å²) in [5.41, 5.74) is 2.31. The number of hydrogen-bond donors (Lipinski definition) is 1. The van der Waals surface area contributed by atoms with Crippen LogP contribution in [0.1, 0.15) is 75.6 Å². The zero-order valence-electron chi connectivity index (χ0n) is 19.5. The fraction of sp³-hybridized carbons (Fsp3) is 0.667. The average Bonchev–Trinajstić information content (AvgIpc) is 3.42. The number of imidazole rings is 1. The summed E-state index contributed by atoms with van der Waals surface area (Å²) < 4.78 is 2.33. The van der Waals surface area contributed by atoms with Gasteiger partial charge in [0, 0.05) is 49.5 Å². The van der Waals surface area contributed by atoms with E-state index in [4.69, 9.17) is 4.98 Å². The molecule has 1 N–H and O–H groups in total. The number of fused-ring (bicyclic) bond motifs is 2. The zero-order chi connectivity index (χ0) is 22.3. The molecule has 2 aromatic heterocycles. The number of rotatable bonds is 3. The van der Waals surface area contributed by atoms with Crippen LogP contribution in [0.2, 0.25) is 0 Å². The summed E-state index contributed by atoms with van der Waals surface area (Å²) in [5.74, 6) is 1.84. The minimum absolute atomic E-state index is 0.0879. The third-order valence-corrected chi connectivity index (χ3v) is 7.56. The molecule has 0 radical (unpaired) electrons. The SMILES string of the molecule is Cc1nc2c(n1C(C)C)CN(C(=O)NC1CCCC1)CC21CCN(c2ncccn2)CC1. The van der Waals surface area contributed by atoms with E-state index in [1.54, 1.807) is 12.4 Å². The summed E-state index contributed by atoms with van der Waals surface area (Å²) in [6, 6.07) is 2.59. The van der Waals surface area contributed by atoms with Crippen molar-refractivity contribution < 1.29 is 4.79 Å². The number of carbonyl (C=O) groups excluding carboxylic acids is 1. The summed E-state index contributed by atoms with van der Waals surface area (Å²) >= 11 is 0. The van der Waals surface area contributed by atoms with Crippen LogP contribution >= 0.6 is 0 Å². The number of anilines is 1. The zero-order valence-corrected chi connectivity index (χ0v) is 19.5. The van der Waals surface area contributed by atoms with Crippen molar-refractivity contribution in [1.82, 2.24) is 29.7 Å². The van der Waals surface area contributed by atoms with Gasteiger partial charge in [0.1, 0.15) is 5.82 Å². The van der Waals surface area contributed by atoms with Crippen molar-refractivity contribution in [1.29, 1.82) is 0 Å². The first-order chi connectivity index (χ1) is 15.5. The van der Waals surface area contributed by atoms with Gasteiger partial charge in [0.15, 0.2) is 0 Å². The lowest BCUT2D eigenvalue weighted by molar-refractivity contribution is 0.145. The van der Waals surface area contributed by atoms with Crippen molar-refractivity contribution in [2.24, 2.45) is 0 Å². The Kier molecular flexibility index (Phi) is 5.55. The van der Waals surface area contributed by atoms with E-state index in [1.807, 2.05) is 6.07 Å². The molecule has 2 amide bonds. The van der Waals surface area contributed by atoms with Crippen LogP contribution in [-0.2, 0) is 12.0 Å². The molecule has 2 fully saturated rings. The number of aromatic nitrogens is 4. The fourth-order valence-corrected chi connectivity index (χ4v) is 5.99. The molecule has 172 valence electrons. The molecule has 0 unspecified atom stereocenters. The lowest BCUT2D eigenvalue weighted by atomic mass is 9.72. The summed E-state index contributed by atoms with van der Waals surface area (Å²) in [4.78, 5) is 31.6. The Morgan fingerprint density at radius 3 is 2.50 bits per heavy atom. The molecule has 2 aromatic rings. The summed E-state index contributed by atoms with van der Waals surface area (Å²) in [6.45, 7) is 9.62. The number of hydrogen-bond acceptors (Lipinski definition) is 5. The van der Waals surface area contributed by atoms with Crippen LogP contribution in [0.3, 0.4) is 0 Å². The number of amides is 2. The lowest BCUT2D eigenvalue weighted by Gasteiger charge is -2.47. The molecular formula is C24H35N7O. The number of nitrogens with zero attached hydrogens (tertiary/aromatic N) is 6. The average molecular weight is 438 g/mol. The highest BCUT2D eigenvalue weighted by molar-refractivity contribution is 5.75. The Morgan fingerprint density at radius 1 is 1.16 bits per heavy atom. The Bertz CT molecular complexity index is 956. The second-order valence-corrected chi connectivity index (χ2v) is 10.0. The molecule has 3 aliphatic rings. The topological polar surface area (TPSA) is 79.2 Å². The minimum Gasteiger partial charge on any atom is -0.341 e. The first-order valence-electron chi connectivity index (χ1n) is 12.1. The third kappa shape index (κ3) is 3.73. The number of piperidine rings is 1. The van der Waals surface area contributed by atoms with Crippen LogP contribution in [0, 0.1) is 6.92 Å². The predicted octanol–water partition coefficient (Wildman–Crippen LogP) is 3.57. The molecular weight excluding hydrogens is 402 g/mol. The molecule has 1 saturated heterocycles. The van der Waals surface area contributed by atoms with E-state index in [0.29, 0.717) is 18.6 Å². The molecule has 1 saturated carbocycles. The van der Waals surface area contributed by atoms with E-state index in [2.05, 4.69) is 50.4 Å². The van der Waals surface area contributed by atoms with Gasteiger partial charge in [0.05, 0.1) is 17.9 Å². The number of nitrogens with one attached hydrogen (secondary N) is 1. The highest BCUT2D eigenvalue weighted by Gasteiger charge is 2.47. The van der Waals surface area contributed by atoms with Crippen LogP contribution in [0.4, 0.5) is 10.7 Å². The van der Waals surface area contributed by atoms with Crippen molar-refractivity contribution in [2.75, 3.05) is 24.5 Å².